The summed E-state index contributed by atoms with van der Waals surface area (Å²) >= 11 is 6.00. The van der Waals surface area contributed by atoms with Crippen molar-refractivity contribution in [3.63, 3.8) is 0 Å². The van der Waals surface area contributed by atoms with Crippen LogP contribution in [0.2, 0.25) is 5.02 Å². The molecule has 1 N–H and O–H groups in total. The molecule has 3 aromatic rings. The molecule has 2 nitrogen and oxygen atoms in total. The van der Waals surface area contributed by atoms with E-state index in [1.165, 1.54) is 0 Å². The summed E-state index contributed by atoms with van der Waals surface area (Å²) in [6.45, 7) is 0.557. The van der Waals surface area contributed by atoms with Gasteiger partial charge < -0.3 is 10.1 Å². The SMILES string of the molecule is Clc1cccc(Nc2cccc(OCc3ccccc3)c2)c1. The Morgan fingerprint density at radius 2 is 1.50 bits per heavy atom. The molecule has 0 atom stereocenters. The van der Waals surface area contributed by atoms with Crippen molar-refractivity contribution in [1.82, 2.24) is 0 Å². The predicted molar refractivity (Wildman–Crippen MR) is 92.0 cm³/mol. The zero-order chi connectivity index (χ0) is 15.2. The molecule has 0 bridgehead atoms. The number of halogens is 1. The fourth-order valence-electron chi connectivity index (χ4n) is 2.14. The van der Waals surface area contributed by atoms with Gasteiger partial charge >= 0.3 is 0 Å². The molecule has 0 aliphatic rings. The summed E-state index contributed by atoms with van der Waals surface area (Å²) in [4.78, 5) is 0. The fourth-order valence-corrected chi connectivity index (χ4v) is 2.33. The Hall–Kier alpha value is -2.45. The Bertz CT molecular complexity index is 743. The minimum atomic E-state index is 0.557. The highest BCUT2D eigenvalue weighted by Crippen LogP contribution is 2.23. The van der Waals surface area contributed by atoms with Crippen LogP contribution in [0.15, 0.2) is 78.9 Å². The molecule has 0 saturated heterocycles. The summed E-state index contributed by atoms with van der Waals surface area (Å²) in [7, 11) is 0. The molecule has 3 rings (SSSR count). The summed E-state index contributed by atoms with van der Waals surface area (Å²) in [6, 6.07) is 25.6. The van der Waals surface area contributed by atoms with E-state index in [-0.39, 0.29) is 0 Å². The molecule has 0 heterocycles. The third-order valence-corrected chi connectivity index (χ3v) is 3.43. The Labute approximate surface area is 135 Å². The second-order valence-electron chi connectivity index (χ2n) is 4.94. The molecule has 3 aromatic carbocycles. The van der Waals surface area contributed by atoms with Crippen molar-refractivity contribution in [2.45, 2.75) is 6.61 Å². The zero-order valence-electron chi connectivity index (χ0n) is 12.0. The van der Waals surface area contributed by atoms with Crippen molar-refractivity contribution in [3.05, 3.63) is 89.4 Å². The van der Waals surface area contributed by atoms with E-state index in [1.54, 1.807) is 0 Å². The molecule has 22 heavy (non-hydrogen) atoms. The first-order valence-corrected chi connectivity index (χ1v) is 7.47. The predicted octanol–water partition coefficient (Wildman–Crippen LogP) is 5.66. The summed E-state index contributed by atoms with van der Waals surface area (Å²) in [5.41, 5.74) is 3.07. The monoisotopic (exact) mass is 309 g/mol. The summed E-state index contributed by atoms with van der Waals surface area (Å²) in [5, 5.41) is 4.03. The Kier molecular flexibility index (Phi) is 4.62. The quantitative estimate of drug-likeness (QED) is 0.656. The second kappa shape index (κ2) is 7.01. The maximum absolute atomic E-state index is 6.00. The van der Waals surface area contributed by atoms with Gasteiger partial charge in [0.2, 0.25) is 0 Å². The number of ether oxygens (including phenoxy) is 1. The molecule has 0 aliphatic carbocycles. The molecule has 0 aliphatic heterocycles. The number of hydrogen-bond acceptors (Lipinski definition) is 2. The molecule has 0 saturated carbocycles. The fraction of sp³-hybridized carbons (Fsp3) is 0.0526. The van der Waals surface area contributed by atoms with Crippen molar-refractivity contribution in [2.24, 2.45) is 0 Å². The van der Waals surface area contributed by atoms with Gasteiger partial charge in [0.05, 0.1) is 0 Å². The van der Waals surface area contributed by atoms with Crippen molar-refractivity contribution in [2.75, 3.05) is 5.32 Å². The highest BCUT2D eigenvalue weighted by molar-refractivity contribution is 6.30. The van der Waals surface area contributed by atoms with E-state index >= 15 is 0 Å². The first kappa shape index (κ1) is 14.5. The van der Waals surface area contributed by atoms with Crippen LogP contribution in [-0.2, 0) is 6.61 Å². The van der Waals surface area contributed by atoms with Crippen LogP contribution in [0.1, 0.15) is 5.56 Å². The zero-order valence-corrected chi connectivity index (χ0v) is 12.8. The second-order valence-corrected chi connectivity index (χ2v) is 5.37. The van der Waals surface area contributed by atoms with Gasteiger partial charge in [-0.05, 0) is 35.9 Å². The van der Waals surface area contributed by atoms with Gasteiger partial charge in [-0.2, -0.15) is 0 Å². The molecule has 0 aromatic heterocycles. The van der Waals surface area contributed by atoms with Crippen molar-refractivity contribution in [1.29, 1.82) is 0 Å². The number of nitrogens with one attached hydrogen (secondary N) is 1. The van der Waals surface area contributed by atoms with Crippen LogP contribution in [0, 0.1) is 0 Å². The Morgan fingerprint density at radius 1 is 0.773 bits per heavy atom. The number of anilines is 2. The topological polar surface area (TPSA) is 21.3 Å². The minimum absolute atomic E-state index is 0.557. The normalized spacial score (nSPS) is 10.2. The van der Waals surface area contributed by atoms with Crippen LogP contribution in [0.3, 0.4) is 0 Å². The number of hydrogen-bond donors (Lipinski definition) is 1. The highest BCUT2D eigenvalue weighted by atomic mass is 35.5. The lowest BCUT2D eigenvalue weighted by Gasteiger charge is -2.10. The average molecular weight is 310 g/mol. The standard InChI is InChI=1S/C19H16ClNO/c20-16-8-4-9-17(12-16)21-18-10-5-11-19(13-18)22-14-15-6-2-1-3-7-15/h1-13,21H,14H2. The van der Waals surface area contributed by atoms with Gasteiger partial charge in [0.1, 0.15) is 12.4 Å². The third kappa shape index (κ3) is 4.03. The molecule has 0 radical (unpaired) electrons. The van der Waals surface area contributed by atoms with Crippen LogP contribution in [0.25, 0.3) is 0 Å². The van der Waals surface area contributed by atoms with E-state index in [1.807, 2.05) is 78.9 Å². The molecule has 3 heteroatoms. The molecule has 0 fully saturated rings. The average Bonchev–Trinajstić information content (AvgIpc) is 2.54. The van der Waals surface area contributed by atoms with E-state index in [4.69, 9.17) is 16.3 Å². The first-order valence-electron chi connectivity index (χ1n) is 7.09. The maximum atomic E-state index is 6.00. The van der Waals surface area contributed by atoms with Crippen LogP contribution in [-0.4, -0.2) is 0 Å². The van der Waals surface area contributed by atoms with Crippen LogP contribution >= 0.6 is 11.6 Å². The van der Waals surface area contributed by atoms with Gasteiger partial charge in [-0.1, -0.05) is 54.1 Å². The largest absolute Gasteiger partial charge is 0.489 e. The molecular weight excluding hydrogens is 294 g/mol. The Balaban J connectivity index is 1.67. The number of benzene rings is 3. The van der Waals surface area contributed by atoms with E-state index in [2.05, 4.69) is 5.32 Å². The number of rotatable bonds is 5. The van der Waals surface area contributed by atoms with Gasteiger partial charge in [-0.15, -0.1) is 0 Å². The smallest absolute Gasteiger partial charge is 0.121 e. The Morgan fingerprint density at radius 3 is 2.27 bits per heavy atom. The minimum Gasteiger partial charge on any atom is -0.489 e. The lowest BCUT2D eigenvalue weighted by Crippen LogP contribution is -1.96. The molecule has 0 unspecified atom stereocenters. The van der Waals surface area contributed by atoms with Gasteiger partial charge in [0.15, 0.2) is 0 Å². The maximum Gasteiger partial charge on any atom is 0.121 e. The summed E-state index contributed by atoms with van der Waals surface area (Å²) in [6.07, 6.45) is 0. The molecule has 0 amide bonds. The van der Waals surface area contributed by atoms with Gasteiger partial charge in [0, 0.05) is 22.5 Å². The van der Waals surface area contributed by atoms with Crippen LogP contribution < -0.4 is 10.1 Å². The summed E-state index contributed by atoms with van der Waals surface area (Å²) in [5.74, 6) is 0.830. The van der Waals surface area contributed by atoms with E-state index in [0.717, 1.165) is 22.7 Å². The lowest BCUT2D eigenvalue weighted by molar-refractivity contribution is 0.306. The van der Waals surface area contributed by atoms with Gasteiger partial charge in [-0.25, -0.2) is 0 Å². The van der Waals surface area contributed by atoms with Crippen molar-refractivity contribution in [3.8, 4) is 5.75 Å². The molecular formula is C19H16ClNO. The summed E-state index contributed by atoms with van der Waals surface area (Å²) < 4.78 is 5.83. The van der Waals surface area contributed by atoms with E-state index in [9.17, 15) is 0 Å². The van der Waals surface area contributed by atoms with E-state index < -0.39 is 0 Å². The van der Waals surface area contributed by atoms with Crippen LogP contribution in [0.4, 0.5) is 11.4 Å². The highest BCUT2D eigenvalue weighted by Gasteiger charge is 1.99. The van der Waals surface area contributed by atoms with Crippen molar-refractivity contribution < 1.29 is 4.74 Å². The third-order valence-electron chi connectivity index (χ3n) is 3.20. The van der Waals surface area contributed by atoms with Gasteiger partial charge in [0.25, 0.3) is 0 Å². The van der Waals surface area contributed by atoms with E-state index in [0.29, 0.717) is 11.6 Å². The lowest BCUT2D eigenvalue weighted by atomic mass is 10.2. The first-order chi connectivity index (χ1) is 10.8. The van der Waals surface area contributed by atoms with Crippen molar-refractivity contribution >= 4 is 23.0 Å². The molecule has 0 spiro atoms. The van der Waals surface area contributed by atoms with Crippen LogP contribution in [0.5, 0.6) is 5.75 Å². The van der Waals surface area contributed by atoms with Gasteiger partial charge in [-0.3, -0.25) is 0 Å². The molecule has 110 valence electrons.